The van der Waals surface area contributed by atoms with Gasteiger partial charge in [-0.05, 0) is 26.7 Å². The van der Waals surface area contributed by atoms with Gasteiger partial charge >= 0.3 is 0 Å². The second-order valence-electron chi connectivity index (χ2n) is 3.97. The van der Waals surface area contributed by atoms with Gasteiger partial charge in [-0.1, -0.05) is 0 Å². The van der Waals surface area contributed by atoms with Crippen LogP contribution in [0, 0.1) is 0 Å². The highest BCUT2D eigenvalue weighted by atomic mass is 16.5. The molecule has 1 aliphatic rings. The van der Waals surface area contributed by atoms with Crippen LogP contribution in [0.25, 0.3) is 0 Å². The van der Waals surface area contributed by atoms with Crippen molar-refractivity contribution in [2.24, 2.45) is 0 Å². The third-order valence-corrected chi connectivity index (χ3v) is 2.25. The lowest BCUT2D eigenvalue weighted by molar-refractivity contribution is -0.0386. The Bertz CT molecular complexity index is 129. The van der Waals surface area contributed by atoms with Gasteiger partial charge in [0.1, 0.15) is 0 Å². The molecule has 4 nitrogen and oxygen atoms in total. The van der Waals surface area contributed by atoms with E-state index in [0.717, 1.165) is 13.2 Å². The summed E-state index contributed by atoms with van der Waals surface area (Å²) >= 11 is 0. The lowest BCUT2D eigenvalue weighted by atomic mass is 10.4. The summed E-state index contributed by atoms with van der Waals surface area (Å²) in [7, 11) is 3.34. The van der Waals surface area contributed by atoms with E-state index in [0.29, 0.717) is 13.2 Å². The minimum atomic E-state index is 0.151. The number of methoxy groups -OCH3 is 2. The first-order valence-electron chi connectivity index (χ1n) is 5.91. The van der Waals surface area contributed by atoms with E-state index in [-0.39, 0.29) is 12.2 Å². The van der Waals surface area contributed by atoms with Crippen LogP contribution in [-0.2, 0) is 18.9 Å². The summed E-state index contributed by atoms with van der Waals surface area (Å²) in [4.78, 5) is 0. The van der Waals surface area contributed by atoms with Crippen molar-refractivity contribution >= 4 is 0 Å². The van der Waals surface area contributed by atoms with Crippen LogP contribution in [0.2, 0.25) is 0 Å². The molecule has 2 unspecified atom stereocenters. The van der Waals surface area contributed by atoms with E-state index >= 15 is 0 Å². The first kappa shape index (κ1) is 15.8. The number of hydrogen-bond donors (Lipinski definition) is 0. The van der Waals surface area contributed by atoms with Gasteiger partial charge in [-0.2, -0.15) is 0 Å². The first-order chi connectivity index (χ1) is 7.70. The van der Waals surface area contributed by atoms with Crippen LogP contribution >= 0.6 is 0 Å². The maximum absolute atomic E-state index is 5.39. The highest BCUT2D eigenvalue weighted by Crippen LogP contribution is 1.98. The first-order valence-corrected chi connectivity index (χ1v) is 5.91. The lowest BCUT2D eigenvalue weighted by Gasteiger charge is -2.14. The molecule has 0 radical (unpaired) electrons. The summed E-state index contributed by atoms with van der Waals surface area (Å²) in [6.07, 6.45) is 2.87. The Balaban J connectivity index is 0.000000368. The summed E-state index contributed by atoms with van der Waals surface area (Å²) in [5.41, 5.74) is 0. The molecule has 0 saturated carbocycles. The predicted octanol–water partition coefficient (Wildman–Crippen LogP) is 1.87. The van der Waals surface area contributed by atoms with E-state index < -0.39 is 0 Å². The van der Waals surface area contributed by atoms with Gasteiger partial charge in [0.25, 0.3) is 0 Å². The number of hydrogen-bond acceptors (Lipinski definition) is 4. The highest BCUT2D eigenvalue weighted by molar-refractivity contribution is 4.50. The third kappa shape index (κ3) is 10.4. The largest absolute Gasteiger partial charge is 0.382 e. The molecule has 0 aromatic heterocycles. The quantitative estimate of drug-likeness (QED) is 0.703. The summed E-state index contributed by atoms with van der Waals surface area (Å²) in [5.74, 6) is 0. The van der Waals surface area contributed by atoms with Crippen LogP contribution in [0.1, 0.15) is 26.7 Å². The van der Waals surface area contributed by atoms with E-state index in [1.54, 1.807) is 14.2 Å². The van der Waals surface area contributed by atoms with Gasteiger partial charge < -0.3 is 18.9 Å². The molecule has 0 spiro atoms. The molecule has 98 valence electrons. The van der Waals surface area contributed by atoms with E-state index in [1.807, 2.05) is 13.8 Å². The molecule has 0 bridgehead atoms. The van der Waals surface area contributed by atoms with Crippen molar-refractivity contribution in [3.63, 3.8) is 0 Å². The van der Waals surface area contributed by atoms with Crippen molar-refractivity contribution in [2.75, 3.05) is 40.6 Å². The fraction of sp³-hybridized carbons (Fsp3) is 1.00. The maximum Gasteiger partial charge on any atom is 0.0781 e. The van der Waals surface area contributed by atoms with Gasteiger partial charge in [0, 0.05) is 27.4 Å². The van der Waals surface area contributed by atoms with Crippen LogP contribution in [0.4, 0.5) is 0 Å². The SMILES string of the molecule is C1CCOC1.COCC(C)OCC(C)OC. The van der Waals surface area contributed by atoms with E-state index in [1.165, 1.54) is 12.8 Å². The minimum absolute atomic E-state index is 0.151. The molecule has 1 aliphatic heterocycles. The smallest absolute Gasteiger partial charge is 0.0781 e. The lowest BCUT2D eigenvalue weighted by Crippen LogP contribution is -2.21. The zero-order chi connectivity index (χ0) is 12.2. The van der Waals surface area contributed by atoms with Crippen molar-refractivity contribution in [1.29, 1.82) is 0 Å². The van der Waals surface area contributed by atoms with Gasteiger partial charge in [-0.25, -0.2) is 0 Å². The molecule has 16 heavy (non-hydrogen) atoms. The fourth-order valence-corrected chi connectivity index (χ4v) is 1.16. The van der Waals surface area contributed by atoms with E-state index in [4.69, 9.17) is 18.9 Å². The third-order valence-electron chi connectivity index (χ3n) is 2.25. The van der Waals surface area contributed by atoms with Crippen LogP contribution in [-0.4, -0.2) is 52.9 Å². The Morgan fingerprint density at radius 3 is 2.00 bits per heavy atom. The number of ether oxygens (including phenoxy) is 4. The maximum atomic E-state index is 5.39. The van der Waals surface area contributed by atoms with E-state index in [2.05, 4.69) is 0 Å². The second kappa shape index (κ2) is 11.3. The highest BCUT2D eigenvalue weighted by Gasteiger charge is 2.04. The van der Waals surface area contributed by atoms with Crippen molar-refractivity contribution < 1.29 is 18.9 Å². The summed E-state index contributed by atoms with van der Waals surface area (Å²) in [6.45, 7) is 7.21. The fourth-order valence-electron chi connectivity index (χ4n) is 1.16. The molecule has 0 aromatic carbocycles. The topological polar surface area (TPSA) is 36.9 Å². The minimum Gasteiger partial charge on any atom is -0.382 e. The van der Waals surface area contributed by atoms with Crippen LogP contribution in [0.3, 0.4) is 0 Å². The summed E-state index contributed by atoms with van der Waals surface area (Å²) < 4.78 is 20.2. The summed E-state index contributed by atoms with van der Waals surface area (Å²) in [5, 5.41) is 0. The van der Waals surface area contributed by atoms with Gasteiger partial charge in [0.05, 0.1) is 25.4 Å². The van der Waals surface area contributed by atoms with Crippen molar-refractivity contribution in [3.8, 4) is 0 Å². The Labute approximate surface area is 99.2 Å². The Hall–Kier alpha value is -0.160. The standard InChI is InChI=1S/C8H18O3.C4H8O/c1-7(10-4)6-11-8(2)5-9-3;1-2-4-5-3-1/h7-8H,5-6H2,1-4H3;1-4H2. The average Bonchev–Trinajstić information content (AvgIpc) is 2.85. The normalized spacial score (nSPS) is 18.8. The molecule has 1 fully saturated rings. The Morgan fingerprint density at radius 2 is 1.62 bits per heavy atom. The van der Waals surface area contributed by atoms with Gasteiger partial charge in [0.2, 0.25) is 0 Å². The molecule has 0 N–H and O–H groups in total. The zero-order valence-corrected chi connectivity index (χ0v) is 11.0. The van der Waals surface area contributed by atoms with Crippen LogP contribution in [0.5, 0.6) is 0 Å². The molecule has 1 rings (SSSR count). The van der Waals surface area contributed by atoms with Crippen molar-refractivity contribution in [3.05, 3.63) is 0 Å². The second-order valence-corrected chi connectivity index (χ2v) is 3.97. The molecular formula is C12H26O4. The van der Waals surface area contributed by atoms with Gasteiger partial charge in [0.15, 0.2) is 0 Å². The summed E-state index contributed by atoms with van der Waals surface area (Å²) in [6, 6.07) is 0. The molecular weight excluding hydrogens is 208 g/mol. The van der Waals surface area contributed by atoms with Gasteiger partial charge in [-0.15, -0.1) is 0 Å². The van der Waals surface area contributed by atoms with Crippen molar-refractivity contribution in [1.82, 2.24) is 0 Å². The molecule has 0 aromatic rings. The Kier molecular flexibility index (Phi) is 11.2. The van der Waals surface area contributed by atoms with Gasteiger partial charge in [-0.3, -0.25) is 0 Å². The Morgan fingerprint density at radius 1 is 1.00 bits per heavy atom. The van der Waals surface area contributed by atoms with E-state index in [9.17, 15) is 0 Å². The molecule has 4 heteroatoms. The molecule has 1 heterocycles. The predicted molar refractivity (Wildman–Crippen MR) is 63.8 cm³/mol. The molecule has 2 atom stereocenters. The van der Waals surface area contributed by atoms with Crippen LogP contribution < -0.4 is 0 Å². The number of rotatable bonds is 6. The van der Waals surface area contributed by atoms with Crippen molar-refractivity contribution in [2.45, 2.75) is 38.9 Å². The molecule has 0 aliphatic carbocycles. The molecule has 0 amide bonds. The van der Waals surface area contributed by atoms with Crippen LogP contribution in [0.15, 0.2) is 0 Å². The average molecular weight is 234 g/mol. The molecule has 1 saturated heterocycles. The monoisotopic (exact) mass is 234 g/mol. The zero-order valence-electron chi connectivity index (χ0n) is 11.0.